The van der Waals surface area contributed by atoms with Crippen molar-refractivity contribution in [2.24, 2.45) is 0 Å². The Morgan fingerprint density at radius 1 is 0.281 bits per heavy atom. The Morgan fingerprint density at radius 3 is 1.46 bits per heavy atom. The van der Waals surface area contributed by atoms with E-state index in [1.165, 1.54) is 0 Å². The van der Waals surface area contributed by atoms with Crippen LogP contribution in [0.25, 0.3) is 76.6 Å². The highest BCUT2D eigenvalue weighted by molar-refractivity contribution is 6.21. The molecule has 0 saturated heterocycles. The highest BCUT2D eigenvalue weighted by atomic mass is 16.3. The Kier molecular flexibility index (Phi) is 6.86. The van der Waals surface area contributed by atoms with Crippen molar-refractivity contribution in [1.82, 2.24) is 0 Å². The molecule has 12 aromatic rings. The van der Waals surface area contributed by atoms with Gasteiger partial charge in [-0.3, -0.25) is 0 Å². The monoisotopic (exact) mass is 732 g/mol. The lowest BCUT2D eigenvalue weighted by Crippen LogP contribution is -2.13. The number of nitrogens with zero attached hydrogens (tertiary/aromatic N) is 2. The van der Waals surface area contributed by atoms with Gasteiger partial charge in [-0.25, -0.2) is 0 Å². The third kappa shape index (κ3) is 4.96. The third-order valence-corrected chi connectivity index (χ3v) is 11.2. The second-order valence-electron chi connectivity index (χ2n) is 14.5. The minimum absolute atomic E-state index is 0.792. The van der Waals surface area contributed by atoms with E-state index in [1.807, 2.05) is 24.3 Å². The Labute approximate surface area is 326 Å². The van der Waals surface area contributed by atoms with Crippen molar-refractivity contribution in [3.8, 4) is 0 Å². The van der Waals surface area contributed by atoms with Crippen molar-refractivity contribution in [2.75, 3.05) is 9.80 Å². The van der Waals surface area contributed by atoms with Crippen LogP contribution in [0.3, 0.4) is 0 Å². The smallest absolute Gasteiger partial charge is 0.143 e. The molecule has 0 N–H and O–H groups in total. The van der Waals surface area contributed by atoms with Crippen LogP contribution in [0.1, 0.15) is 0 Å². The van der Waals surface area contributed by atoms with E-state index < -0.39 is 0 Å². The Hall–Kier alpha value is -7.76. The van der Waals surface area contributed by atoms with Crippen molar-refractivity contribution < 1.29 is 13.3 Å². The molecule has 12 rings (SSSR count). The van der Waals surface area contributed by atoms with Gasteiger partial charge in [-0.2, -0.15) is 0 Å². The maximum absolute atomic E-state index is 7.04. The molecule has 0 bridgehead atoms. The van der Waals surface area contributed by atoms with Gasteiger partial charge in [0.15, 0.2) is 0 Å². The maximum atomic E-state index is 7.04. The van der Waals surface area contributed by atoms with Gasteiger partial charge < -0.3 is 23.1 Å². The second kappa shape index (κ2) is 12.4. The summed E-state index contributed by atoms with van der Waals surface area (Å²) >= 11 is 0. The van der Waals surface area contributed by atoms with Gasteiger partial charge in [0, 0.05) is 61.1 Å². The Morgan fingerprint density at radius 2 is 0.807 bits per heavy atom. The number of para-hydroxylation sites is 4. The van der Waals surface area contributed by atoms with Crippen LogP contribution in [0.4, 0.5) is 34.1 Å². The largest absolute Gasteiger partial charge is 0.456 e. The standard InChI is InChI=1S/C52H32N2O3/c1-3-14-34(15-4-1)53(36-24-27-48-43(29-36)40-19-9-11-21-46(40)55-48)38-31-45(51-42-26-23-33-13-7-8-18-39(33)52(42)57-50(51)32-38)54(35-16-5-2-6-17-35)37-25-28-49-44(30-37)41-20-10-12-22-47(41)56-49/h1-32H. The van der Waals surface area contributed by atoms with E-state index in [0.717, 1.165) is 111 Å². The van der Waals surface area contributed by atoms with Crippen LogP contribution in [-0.2, 0) is 0 Å². The van der Waals surface area contributed by atoms with Gasteiger partial charge in [0.1, 0.15) is 33.5 Å². The molecule has 0 radical (unpaired) electrons. The first-order chi connectivity index (χ1) is 28.2. The summed E-state index contributed by atoms with van der Waals surface area (Å²) in [4.78, 5) is 4.67. The van der Waals surface area contributed by atoms with Gasteiger partial charge in [-0.1, -0.05) is 103 Å². The molecule has 0 aliphatic carbocycles. The summed E-state index contributed by atoms with van der Waals surface area (Å²) in [5.74, 6) is 0. The molecule has 5 heteroatoms. The molecule has 0 atom stereocenters. The van der Waals surface area contributed by atoms with Crippen LogP contribution in [0.15, 0.2) is 207 Å². The summed E-state index contributed by atoms with van der Waals surface area (Å²) in [6, 6.07) is 67.9. The maximum Gasteiger partial charge on any atom is 0.143 e. The summed E-state index contributed by atoms with van der Waals surface area (Å²) in [6.07, 6.45) is 0. The first-order valence-corrected chi connectivity index (χ1v) is 19.2. The SMILES string of the molecule is c1ccc(N(c2cc(N(c3ccccc3)c3ccc4oc5ccccc5c4c3)c3c(c2)oc2c4ccccc4ccc23)c2ccc3oc4ccccc4c3c2)cc1. The van der Waals surface area contributed by atoms with Gasteiger partial charge >= 0.3 is 0 Å². The average Bonchev–Trinajstić information content (AvgIpc) is 3.96. The summed E-state index contributed by atoms with van der Waals surface area (Å²) in [5.41, 5.74) is 11.1. The Bertz CT molecular complexity index is 3490. The van der Waals surface area contributed by atoms with E-state index in [4.69, 9.17) is 13.3 Å². The predicted octanol–water partition coefficient (Wildman–Crippen LogP) is 15.5. The lowest BCUT2D eigenvalue weighted by molar-refractivity contribution is 0.668. The minimum atomic E-state index is 0.792. The summed E-state index contributed by atoms with van der Waals surface area (Å²) in [7, 11) is 0. The molecule has 0 spiro atoms. The zero-order chi connectivity index (χ0) is 37.5. The number of furan rings is 3. The summed E-state index contributed by atoms with van der Waals surface area (Å²) in [6.45, 7) is 0. The van der Waals surface area contributed by atoms with Crippen molar-refractivity contribution in [2.45, 2.75) is 0 Å². The van der Waals surface area contributed by atoms with Crippen LogP contribution in [-0.4, -0.2) is 0 Å². The first-order valence-electron chi connectivity index (χ1n) is 19.2. The highest BCUT2D eigenvalue weighted by Gasteiger charge is 2.25. The number of hydrogen-bond acceptors (Lipinski definition) is 5. The fourth-order valence-corrected chi connectivity index (χ4v) is 8.64. The molecule has 268 valence electrons. The highest BCUT2D eigenvalue weighted by Crippen LogP contribution is 2.49. The van der Waals surface area contributed by atoms with Gasteiger partial charge in [-0.15, -0.1) is 0 Å². The molecule has 5 nitrogen and oxygen atoms in total. The van der Waals surface area contributed by atoms with Crippen LogP contribution >= 0.6 is 0 Å². The van der Waals surface area contributed by atoms with E-state index in [2.05, 4.69) is 180 Å². The molecule has 3 heterocycles. The van der Waals surface area contributed by atoms with Crippen LogP contribution in [0.5, 0.6) is 0 Å². The third-order valence-electron chi connectivity index (χ3n) is 11.2. The van der Waals surface area contributed by atoms with Crippen LogP contribution in [0.2, 0.25) is 0 Å². The molecule has 0 aliphatic heterocycles. The van der Waals surface area contributed by atoms with E-state index in [0.29, 0.717) is 0 Å². The van der Waals surface area contributed by atoms with Crippen molar-refractivity contribution >= 4 is 111 Å². The average molecular weight is 733 g/mol. The zero-order valence-electron chi connectivity index (χ0n) is 30.6. The minimum Gasteiger partial charge on any atom is -0.456 e. The van der Waals surface area contributed by atoms with Crippen molar-refractivity contribution in [3.05, 3.63) is 194 Å². The second-order valence-corrected chi connectivity index (χ2v) is 14.5. The van der Waals surface area contributed by atoms with E-state index >= 15 is 0 Å². The van der Waals surface area contributed by atoms with E-state index in [1.54, 1.807) is 0 Å². The van der Waals surface area contributed by atoms with Crippen molar-refractivity contribution in [1.29, 1.82) is 0 Å². The number of rotatable bonds is 6. The van der Waals surface area contributed by atoms with Crippen molar-refractivity contribution in [3.63, 3.8) is 0 Å². The van der Waals surface area contributed by atoms with E-state index in [-0.39, 0.29) is 0 Å². The molecule has 0 unspecified atom stereocenters. The number of fused-ring (bicyclic) bond motifs is 11. The molecule has 3 aromatic heterocycles. The molecule has 0 amide bonds. The molecule has 57 heavy (non-hydrogen) atoms. The van der Waals surface area contributed by atoms with Gasteiger partial charge in [0.2, 0.25) is 0 Å². The van der Waals surface area contributed by atoms with Crippen LogP contribution < -0.4 is 9.80 Å². The fourth-order valence-electron chi connectivity index (χ4n) is 8.64. The Balaban J connectivity index is 1.18. The number of anilines is 6. The summed E-state index contributed by atoms with van der Waals surface area (Å²) < 4.78 is 19.6. The lowest BCUT2D eigenvalue weighted by atomic mass is 10.0. The molecule has 0 aliphatic rings. The van der Waals surface area contributed by atoms with E-state index in [9.17, 15) is 0 Å². The van der Waals surface area contributed by atoms with Crippen LogP contribution in [0, 0.1) is 0 Å². The molecular weight excluding hydrogens is 701 g/mol. The quantitative estimate of drug-likeness (QED) is 0.170. The fraction of sp³-hybridized carbons (Fsp3) is 0. The first kappa shape index (κ1) is 31.6. The lowest BCUT2D eigenvalue weighted by Gasteiger charge is -2.30. The van der Waals surface area contributed by atoms with Gasteiger partial charge in [0.05, 0.1) is 16.8 Å². The van der Waals surface area contributed by atoms with Gasteiger partial charge in [-0.05, 0) is 90.3 Å². The zero-order valence-corrected chi connectivity index (χ0v) is 30.6. The van der Waals surface area contributed by atoms with Gasteiger partial charge in [0.25, 0.3) is 0 Å². The molecular formula is C52H32N2O3. The number of hydrogen-bond donors (Lipinski definition) is 0. The molecule has 9 aromatic carbocycles. The number of benzene rings is 9. The molecule has 0 saturated carbocycles. The topological polar surface area (TPSA) is 45.9 Å². The normalized spacial score (nSPS) is 11.9. The summed E-state index contributed by atoms with van der Waals surface area (Å²) in [5, 5.41) is 8.59. The predicted molar refractivity (Wildman–Crippen MR) is 235 cm³/mol. The molecule has 0 fully saturated rings.